The van der Waals surface area contributed by atoms with E-state index in [4.69, 9.17) is 4.74 Å². The van der Waals surface area contributed by atoms with Gasteiger partial charge in [-0.15, -0.1) is 0 Å². The second kappa shape index (κ2) is 2.27. The molecule has 9 heavy (non-hydrogen) atoms. The van der Waals surface area contributed by atoms with Crippen molar-refractivity contribution in [1.82, 2.24) is 0 Å². The fourth-order valence-corrected chi connectivity index (χ4v) is 1.11. The van der Waals surface area contributed by atoms with Crippen molar-refractivity contribution >= 4 is 0 Å². The van der Waals surface area contributed by atoms with Gasteiger partial charge in [-0.25, -0.2) is 0 Å². The molecular formula is C7H14O2. The van der Waals surface area contributed by atoms with Crippen LogP contribution >= 0.6 is 0 Å². The molecule has 1 unspecified atom stereocenters. The van der Waals surface area contributed by atoms with Gasteiger partial charge in [-0.2, -0.15) is 0 Å². The van der Waals surface area contributed by atoms with Crippen LogP contribution in [0.1, 0.15) is 26.2 Å². The Morgan fingerprint density at radius 2 is 2.11 bits per heavy atom. The van der Waals surface area contributed by atoms with Crippen LogP contribution in [0, 0.1) is 5.92 Å². The van der Waals surface area contributed by atoms with Crippen LogP contribution in [0.4, 0.5) is 0 Å². The molecule has 1 rings (SSSR count). The lowest BCUT2D eigenvalue weighted by atomic mass is 9.79. The Morgan fingerprint density at radius 3 is 2.22 bits per heavy atom. The highest BCUT2D eigenvalue weighted by atomic mass is 16.6. The third kappa shape index (κ3) is 1.25. The van der Waals surface area contributed by atoms with E-state index in [-0.39, 0.29) is 0 Å². The molecule has 1 N–H and O–H groups in total. The van der Waals surface area contributed by atoms with Crippen LogP contribution in [0.5, 0.6) is 0 Å². The molecule has 0 amide bonds. The van der Waals surface area contributed by atoms with Gasteiger partial charge in [0.05, 0.1) is 0 Å². The molecule has 0 aromatic heterocycles. The number of methoxy groups -OCH3 is 1. The number of aliphatic hydroxyl groups is 1. The lowest BCUT2D eigenvalue weighted by Crippen LogP contribution is -2.40. The van der Waals surface area contributed by atoms with E-state index in [1.54, 1.807) is 14.0 Å². The Bertz CT molecular complexity index is 95.1. The molecule has 1 atom stereocenters. The minimum Gasteiger partial charge on any atom is -0.365 e. The maximum absolute atomic E-state index is 9.42. The molecule has 0 spiro atoms. The first-order chi connectivity index (χ1) is 4.17. The summed E-state index contributed by atoms with van der Waals surface area (Å²) >= 11 is 0. The molecule has 2 nitrogen and oxygen atoms in total. The van der Waals surface area contributed by atoms with E-state index in [0.29, 0.717) is 5.92 Å². The van der Waals surface area contributed by atoms with E-state index in [1.165, 1.54) is 6.42 Å². The molecule has 54 valence electrons. The Hall–Kier alpha value is -0.0800. The van der Waals surface area contributed by atoms with Crippen molar-refractivity contribution in [2.75, 3.05) is 7.11 Å². The molecular weight excluding hydrogens is 116 g/mol. The third-order valence-electron chi connectivity index (χ3n) is 2.28. The molecule has 0 bridgehead atoms. The van der Waals surface area contributed by atoms with Crippen LogP contribution in [0.3, 0.4) is 0 Å². The Balaban J connectivity index is 2.37. The van der Waals surface area contributed by atoms with E-state index in [1.807, 2.05) is 0 Å². The largest absolute Gasteiger partial charge is 0.365 e. The highest BCUT2D eigenvalue weighted by Gasteiger charge is 2.35. The first-order valence-electron chi connectivity index (χ1n) is 3.44. The fourth-order valence-electron chi connectivity index (χ4n) is 1.11. The zero-order valence-electron chi connectivity index (χ0n) is 6.05. The Kier molecular flexibility index (Phi) is 1.78. The van der Waals surface area contributed by atoms with Crippen LogP contribution in [0.15, 0.2) is 0 Å². The Morgan fingerprint density at radius 1 is 1.56 bits per heavy atom. The summed E-state index contributed by atoms with van der Waals surface area (Å²) in [7, 11) is 1.55. The van der Waals surface area contributed by atoms with Gasteiger partial charge < -0.3 is 9.84 Å². The van der Waals surface area contributed by atoms with Crippen molar-refractivity contribution in [1.29, 1.82) is 0 Å². The highest BCUT2D eigenvalue weighted by Crippen LogP contribution is 2.35. The molecule has 1 aliphatic carbocycles. The minimum absolute atomic E-state index is 0.377. The maximum Gasteiger partial charge on any atom is 0.165 e. The lowest BCUT2D eigenvalue weighted by molar-refractivity contribution is -0.222. The van der Waals surface area contributed by atoms with Crippen molar-refractivity contribution in [2.45, 2.75) is 32.0 Å². The van der Waals surface area contributed by atoms with Crippen molar-refractivity contribution in [3.63, 3.8) is 0 Å². The standard InChI is InChI=1S/C7H14O2/c1-7(8,9-2)6-4-3-5-6/h6,8H,3-5H2,1-2H3. The second-order valence-electron chi connectivity index (χ2n) is 2.89. The van der Waals surface area contributed by atoms with Gasteiger partial charge in [-0.05, 0) is 19.8 Å². The molecule has 2 heteroatoms. The summed E-state index contributed by atoms with van der Waals surface area (Å²) in [5.41, 5.74) is 0. The van der Waals surface area contributed by atoms with Crippen molar-refractivity contribution in [3.05, 3.63) is 0 Å². The number of hydrogen-bond donors (Lipinski definition) is 1. The predicted molar refractivity (Wildman–Crippen MR) is 35.0 cm³/mol. The minimum atomic E-state index is -0.863. The average molecular weight is 130 g/mol. The van der Waals surface area contributed by atoms with E-state index >= 15 is 0 Å². The molecule has 1 fully saturated rings. The molecule has 0 radical (unpaired) electrons. The van der Waals surface area contributed by atoms with Crippen LogP contribution < -0.4 is 0 Å². The Labute approximate surface area is 55.8 Å². The molecule has 0 aromatic rings. The van der Waals surface area contributed by atoms with Gasteiger partial charge in [-0.1, -0.05) is 6.42 Å². The van der Waals surface area contributed by atoms with E-state index in [0.717, 1.165) is 12.8 Å². The van der Waals surface area contributed by atoms with Gasteiger partial charge in [0.25, 0.3) is 0 Å². The summed E-state index contributed by atoms with van der Waals surface area (Å²) in [6.45, 7) is 1.73. The number of rotatable bonds is 2. The maximum atomic E-state index is 9.42. The topological polar surface area (TPSA) is 29.5 Å². The zero-order valence-corrected chi connectivity index (χ0v) is 6.05. The highest BCUT2D eigenvalue weighted by molar-refractivity contribution is 4.79. The first-order valence-corrected chi connectivity index (χ1v) is 3.44. The quantitative estimate of drug-likeness (QED) is 0.568. The summed E-state index contributed by atoms with van der Waals surface area (Å²) in [5.74, 6) is -0.486. The summed E-state index contributed by atoms with van der Waals surface area (Å²) < 4.78 is 4.90. The SMILES string of the molecule is COC(C)(O)C1CCC1. The average Bonchev–Trinajstić information content (AvgIpc) is 1.60. The summed E-state index contributed by atoms with van der Waals surface area (Å²) in [4.78, 5) is 0. The fraction of sp³-hybridized carbons (Fsp3) is 1.00. The van der Waals surface area contributed by atoms with E-state index in [2.05, 4.69) is 0 Å². The van der Waals surface area contributed by atoms with E-state index < -0.39 is 5.79 Å². The summed E-state index contributed by atoms with van der Waals surface area (Å²) in [5, 5.41) is 9.42. The zero-order chi connectivity index (χ0) is 6.91. The van der Waals surface area contributed by atoms with Gasteiger partial charge in [0, 0.05) is 13.0 Å². The number of hydrogen-bond acceptors (Lipinski definition) is 2. The third-order valence-corrected chi connectivity index (χ3v) is 2.28. The van der Waals surface area contributed by atoms with Gasteiger partial charge in [0.15, 0.2) is 5.79 Å². The van der Waals surface area contributed by atoms with E-state index in [9.17, 15) is 5.11 Å². The van der Waals surface area contributed by atoms with Crippen LogP contribution in [0.2, 0.25) is 0 Å². The second-order valence-corrected chi connectivity index (χ2v) is 2.89. The van der Waals surface area contributed by atoms with Crippen molar-refractivity contribution in [3.8, 4) is 0 Å². The predicted octanol–water partition coefficient (Wildman–Crippen LogP) is 1.14. The van der Waals surface area contributed by atoms with Gasteiger partial charge >= 0.3 is 0 Å². The van der Waals surface area contributed by atoms with Gasteiger partial charge in [0.1, 0.15) is 0 Å². The lowest BCUT2D eigenvalue weighted by Gasteiger charge is -2.37. The van der Waals surface area contributed by atoms with Crippen LogP contribution in [-0.4, -0.2) is 18.0 Å². The summed E-state index contributed by atoms with van der Waals surface area (Å²) in [6.07, 6.45) is 3.46. The van der Waals surface area contributed by atoms with Crippen molar-refractivity contribution in [2.24, 2.45) is 5.92 Å². The smallest absolute Gasteiger partial charge is 0.165 e. The van der Waals surface area contributed by atoms with Crippen LogP contribution in [0.25, 0.3) is 0 Å². The molecule has 0 aliphatic heterocycles. The molecule has 0 heterocycles. The number of ether oxygens (including phenoxy) is 1. The molecule has 0 aromatic carbocycles. The van der Waals surface area contributed by atoms with Crippen LogP contribution in [-0.2, 0) is 4.74 Å². The van der Waals surface area contributed by atoms with Gasteiger partial charge in [0.2, 0.25) is 0 Å². The monoisotopic (exact) mass is 130 g/mol. The normalized spacial score (nSPS) is 27.0. The molecule has 1 aliphatic rings. The summed E-state index contributed by atoms with van der Waals surface area (Å²) in [6, 6.07) is 0. The molecule has 1 saturated carbocycles. The molecule has 0 saturated heterocycles. The van der Waals surface area contributed by atoms with Crippen molar-refractivity contribution < 1.29 is 9.84 Å². The first kappa shape index (κ1) is 7.03. The van der Waals surface area contributed by atoms with Gasteiger partial charge in [-0.3, -0.25) is 0 Å².